The van der Waals surface area contributed by atoms with Crippen molar-refractivity contribution in [1.29, 1.82) is 0 Å². The van der Waals surface area contributed by atoms with Crippen molar-refractivity contribution in [2.45, 2.75) is 38.1 Å². The lowest BCUT2D eigenvalue weighted by Gasteiger charge is -2.35. The molecule has 1 unspecified atom stereocenters. The zero-order chi connectivity index (χ0) is 12.3. The number of hydrogen-bond acceptors (Lipinski definition) is 4. The molecule has 94 valence electrons. The summed E-state index contributed by atoms with van der Waals surface area (Å²) in [5.74, 6) is -0.712. The second-order valence-electron chi connectivity index (χ2n) is 4.23. The molecule has 0 aromatic carbocycles. The van der Waals surface area contributed by atoms with Crippen molar-refractivity contribution in [1.82, 2.24) is 4.98 Å². The predicted octanol–water partition coefficient (Wildman–Crippen LogP) is 3.13. The van der Waals surface area contributed by atoms with E-state index in [0.29, 0.717) is 12.5 Å². The van der Waals surface area contributed by atoms with Crippen LogP contribution in [0.1, 0.15) is 32.1 Å². The van der Waals surface area contributed by atoms with Gasteiger partial charge in [0.2, 0.25) is 0 Å². The van der Waals surface area contributed by atoms with Crippen LogP contribution in [-0.2, 0) is 4.79 Å². The SMILES string of the molecule is O=C(O)CCC1CCCCN1c1nc(Br)cs1. The van der Waals surface area contributed by atoms with Crippen LogP contribution >= 0.6 is 27.3 Å². The smallest absolute Gasteiger partial charge is 0.303 e. The van der Waals surface area contributed by atoms with Crippen molar-refractivity contribution < 1.29 is 9.90 Å². The Bertz CT molecular complexity index is 397. The molecule has 6 heteroatoms. The fraction of sp³-hybridized carbons (Fsp3) is 0.636. The van der Waals surface area contributed by atoms with Gasteiger partial charge in [0.05, 0.1) is 0 Å². The van der Waals surface area contributed by atoms with E-state index in [4.69, 9.17) is 5.11 Å². The lowest BCUT2D eigenvalue weighted by Crippen LogP contribution is -2.39. The topological polar surface area (TPSA) is 53.4 Å². The number of thiazole rings is 1. The van der Waals surface area contributed by atoms with Crippen molar-refractivity contribution in [3.05, 3.63) is 9.98 Å². The number of anilines is 1. The van der Waals surface area contributed by atoms with Crippen LogP contribution in [0.3, 0.4) is 0 Å². The molecular weight excluding hydrogens is 304 g/mol. The summed E-state index contributed by atoms with van der Waals surface area (Å²) in [6.07, 6.45) is 4.39. The summed E-state index contributed by atoms with van der Waals surface area (Å²) in [7, 11) is 0. The average Bonchev–Trinajstić information content (AvgIpc) is 2.73. The minimum absolute atomic E-state index is 0.244. The van der Waals surface area contributed by atoms with E-state index >= 15 is 0 Å². The van der Waals surface area contributed by atoms with Crippen LogP contribution in [0.25, 0.3) is 0 Å². The zero-order valence-corrected chi connectivity index (χ0v) is 11.8. The molecule has 2 rings (SSSR count). The third-order valence-electron chi connectivity index (χ3n) is 3.03. The molecule has 1 aliphatic heterocycles. The lowest BCUT2D eigenvalue weighted by atomic mass is 9.98. The number of halogens is 1. The molecule has 0 amide bonds. The van der Waals surface area contributed by atoms with Crippen molar-refractivity contribution in [2.75, 3.05) is 11.4 Å². The number of carboxylic acids is 1. The molecule has 0 radical (unpaired) electrons. The average molecular weight is 319 g/mol. The molecule has 4 nitrogen and oxygen atoms in total. The van der Waals surface area contributed by atoms with Crippen LogP contribution < -0.4 is 4.90 Å². The summed E-state index contributed by atoms with van der Waals surface area (Å²) < 4.78 is 0.861. The standard InChI is InChI=1S/C11H15BrN2O2S/c12-9-7-17-11(13-9)14-6-2-1-3-8(14)4-5-10(15)16/h7-8H,1-6H2,(H,15,16). The van der Waals surface area contributed by atoms with Gasteiger partial charge in [0.15, 0.2) is 5.13 Å². The minimum Gasteiger partial charge on any atom is -0.481 e. The Balaban J connectivity index is 2.04. The maximum absolute atomic E-state index is 10.7. The van der Waals surface area contributed by atoms with E-state index in [1.54, 1.807) is 11.3 Å². The van der Waals surface area contributed by atoms with E-state index in [1.807, 2.05) is 5.38 Å². The van der Waals surface area contributed by atoms with Gasteiger partial charge in [-0.25, -0.2) is 4.98 Å². The van der Waals surface area contributed by atoms with Gasteiger partial charge in [-0.05, 0) is 41.6 Å². The highest BCUT2D eigenvalue weighted by Crippen LogP contribution is 2.31. The van der Waals surface area contributed by atoms with Crippen LogP contribution in [0.5, 0.6) is 0 Å². The van der Waals surface area contributed by atoms with Gasteiger partial charge in [0.1, 0.15) is 4.60 Å². The van der Waals surface area contributed by atoms with Crippen LogP contribution in [-0.4, -0.2) is 28.6 Å². The third-order valence-corrected chi connectivity index (χ3v) is 4.62. The molecule has 1 N–H and O–H groups in total. The normalized spacial score (nSPS) is 20.5. The predicted molar refractivity (Wildman–Crippen MR) is 71.7 cm³/mol. The van der Waals surface area contributed by atoms with Crippen LogP contribution in [0.2, 0.25) is 0 Å². The fourth-order valence-electron chi connectivity index (χ4n) is 2.22. The van der Waals surface area contributed by atoms with E-state index in [-0.39, 0.29) is 6.42 Å². The van der Waals surface area contributed by atoms with E-state index in [2.05, 4.69) is 25.8 Å². The number of carboxylic acid groups (broad SMARTS) is 1. The van der Waals surface area contributed by atoms with Gasteiger partial charge in [-0.1, -0.05) is 0 Å². The van der Waals surface area contributed by atoms with E-state index in [1.165, 1.54) is 12.8 Å². The summed E-state index contributed by atoms with van der Waals surface area (Å²) in [6, 6.07) is 0.331. The Morgan fingerprint density at radius 2 is 2.47 bits per heavy atom. The molecule has 1 aliphatic rings. The number of piperidine rings is 1. The van der Waals surface area contributed by atoms with Gasteiger partial charge in [0.25, 0.3) is 0 Å². The minimum atomic E-state index is -0.712. The molecule has 1 fully saturated rings. The van der Waals surface area contributed by atoms with Crippen molar-refractivity contribution >= 4 is 38.4 Å². The van der Waals surface area contributed by atoms with E-state index in [0.717, 1.165) is 22.7 Å². The Hall–Kier alpha value is -0.620. The first kappa shape index (κ1) is 12.8. The first-order valence-electron chi connectivity index (χ1n) is 5.76. The van der Waals surface area contributed by atoms with Crippen molar-refractivity contribution in [2.24, 2.45) is 0 Å². The molecule has 0 aliphatic carbocycles. The van der Waals surface area contributed by atoms with E-state index < -0.39 is 5.97 Å². The Labute approximate surface area is 113 Å². The summed E-state index contributed by atoms with van der Waals surface area (Å²) in [6.45, 7) is 0.990. The van der Waals surface area contributed by atoms with Gasteiger partial charge < -0.3 is 10.0 Å². The van der Waals surface area contributed by atoms with Gasteiger partial charge in [0, 0.05) is 24.4 Å². The molecule has 0 bridgehead atoms. The molecule has 1 aromatic heterocycles. The quantitative estimate of drug-likeness (QED) is 0.926. The maximum atomic E-state index is 10.7. The van der Waals surface area contributed by atoms with Gasteiger partial charge >= 0.3 is 5.97 Å². The van der Waals surface area contributed by atoms with Gasteiger partial charge in [-0.15, -0.1) is 11.3 Å². The highest BCUT2D eigenvalue weighted by molar-refractivity contribution is 9.10. The number of rotatable bonds is 4. The Morgan fingerprint density at radius 1 is 1.65 bits per heavy atom. The van der Waals surface area contributed by atoms with Crippen molar-refractivity contribution in [3.8, 4) is 0 Å². The fourth-order valence-corrected chi connectivity index (χ4v) is 3.57. The van der Waals surface area contributed by atoms with Gasteiger partial charge in [-0.3, -0.25) is 4.79 Å². The number of aliphatic carboxylic acids is 1. The molecule has 0 spiro atoms. The number of hydrogen-bond donors (Lipinski definition) is 1. The molecule has 0 saturated carbocycles. The second kappa shape index (κ2) is 5.82. The summed E-state index contributed by atoms with van der Waals surface area (Å²) in [5, 5.41) is 11.7. The lowest BCUT2D eigenvalue weighted by molar-refractivity contribution is -0.137. The second-order valence-corrected chi connectivity index (χ2v) is 5.88. The largest absolute Gasteiger partial charge is 0.481 e. The number of nitrogens with zero attached hydrogens (tertiary/aromatic N) is 2. The first-order valence-corrected chi connectivity index (χ1v) is 7.43. The third kappa shape index (κ3) is 3.42. The number of aromatic nitrogens is 1. The van der Waals surface area contributed by atoms with Crippen LogP contribution in [0, 0.1) is 0 Å². The van der Waals surface area contributed by atoms with E-state index in [9.17, 15) is 4.79 Å². The van der Waals surface area contributed by atoms with Crippen molar-refractivity contribution in [3.63, 3.8) is 0 Å². The molecule has 17 heavy (non-hydrogen) atoms. The Morgan fingerprint density at radius 3 is 3.12 bits per heavy atom. The molecule has 1 saturated heterocycles. The number of carbonyl (C=O) groups is 1. The summed E-state index contributed by atoms with van der Waals surface area (Å²) in [5.41, 5.74) is 0. The van der Waals surface area contributed by atoms with Crippen LogP contribution in [0.15, 0.2) is 9.98 Å². The Kier molecular flexibility index (Phi) is 4.39. The monoisotopic (exact) mass is 318 g/mol. The summed E-state index contributed by atoms with van der Waals surface area (Å²) in [4.78, 5) is 17.3. The summed E-state index contributed by atoms with van der Waals surface area (Å²) >= 11 is 4.97. The molecule has 2 heterocycles. The highest BCUT2D eigenvalue weighted by atomic mass is 79.9. The van der Waals surface area contributed by atoms with Crippen LogP contribution in [0.4, 0.5) is 5.13 Å². The highest BCUT2D eigenvalue weighted by Gasteiger charge is 2.25. The maximum Gasteiger partial charge on any atom is 0.303 e. The first-order chi connectivity index (χ1) is 8.16. The molecule has 1 aromatic rings. The zero-order valence-electron chi connectivity index (χ0n) is 9.43. The van der Waals surface area contributed by atoms with Gasteiger partial charge in [-0.2, -0.15) is 0 Å². The molecule has 1 atom stereocenters. The molecular formula is C11H15BrN2O2S.